The molecule has 0 radical (unpaired) electrons. The van der Waals surface area contributed by atoms with Crippen LogP contribution in [0.2, 0.25) is 0 Å². The van der Waals surface area contributed by atoms with Crippen LogP contribution in [0.1, 0.15) is 26.7 Å². The molecule has 2 heterocycles. The first-order valence-corrected chi connectivity index (χ1v) is 6.02. The standard InChI is InChI=1S/C10H17NO2.C2H6/c12-7-9-10-8(6-11-9)4-2-1-3-5-13-10;1-2/h1,3,8-12H,2,4-7H2;1-2H3. The molecule has 0 amide bonds. The lowest BCUT2D eigenvalue weighted by Gasteiger charge is -2.23. The molecule has 0 saturated carbocycles. The third-order valence-electron chi connectivity index (χ3n) is 2.96. The number of nitrogens with one attached hydrogen (secondary N) is 1. The fourth-order valence-electron chi connectivity index (χ4n) is 2.21. The summed E-state index contributed by atoms with van der Waals surface area (Å²) in [6.07, 6.45) is 6.79. The molecule has 3 atom stereocenters. The third-order valence-corrected chi connectivity index (χ3v) is 2.96. The molecule has 0 bridgehead atoms. The van der Waals surface area contributed by atoms with Crippen LogP contribution in [0.15, 0.2) is 12.2 Å². The fourth-order valence-corrected chi connectivity index (χ4v) is 2.21. The second-order valence-electron chi connectivity index (χ2n) is 3.80. The molecular weight excluding hydrogens is 190 g/mol. The number of hydrogen-bond acceptors (Lipinski definition) is 3. The van der Waals surface area contributed by atoms with Crippen LogP contribution in [0.4, 0.5) is 0 Å². The van der Waals surface area contributed by atoms with Crippen molar-refractivity contribution in [2.24, 2.45) is 5.92 Å². The maximum Gasteiger partial charge on any atom is 0.0795 e. The largest absolute Gasteiger partial charge is 0.395 e. The van der Waals surface area contributed by atoms with Crippen molar-refractivity contribution in [3.05, 3.63) is 12.2 Å². The van der Waals surface area contributed by atoms with Crippen molar-refractivity contribution in [1.82, 2.24) is 5.32 Å². The highest BCUT2D eigenvalue weighted by Gasteiger charge is 2.35. The maximum absolute atomic E-state index is 9.11. The minimum atomic E-state index is 0.150. The zero-order valence-electron chi connectivity index (χ0n) is 9.78. The van der Waals surface area contributed by atoms with E-state index < -0.39 is 0 Å². The van der Waals surface area contributed by atoms with Gasteiger partial charge in [-0.25, -0.2) is 0 Å². The summed E-state index contributed by atoms with van der Waals surface area (Å²) in [5.41, 5.74) is 0. The van der Waals surface area contributed by atoms with Crippen LogP contribution in [0, 0.1) is 5.92 Å². The number of aliphatic hydroxyl groups is 1. The van der Waals surface area contributed by atoms with E-state index in [0.29, 0.717) is 12.5 Å². The molecule has 88 valence electrons. The molecule has 2 aliphatic heterocycles. The Morgan fingerprint density at radius 2 is 2.20 bits per heavy atom. The monoisotopic (exact) mass is 213 g/mol. The Morgan fingerprint density at radius 3 is 2.93 bits per heavy atom. The molecule has 2 N–H and O–H groups in total. The first kappa shape index (κ1) is 12.7. The lowest BCUT2D eigenvalue weighted by Crippen LogP contribution is -2.37. The zero-order valence-corrected chi connectivity index (χ0v) is 9.78. The Balaban J connectivity index is 0.000000531. The number of allylic oxidation sites excluding steroid dienone is 1. The summed E-state index contributed by atoms with van der Waals surface area (Å²) in [5.74, 6) is 0.585. The van der Waals surface area contributed by atoms with Crippen molar-refractivity contribution in [2.45, 2.75) is 38.8 Å². The summed E-state index contributed by atoms with van der Waals surface area (Å²) < 4.78 is 5.70. The summed E-state index contributed by atoms with van der Waals surface area (Å²) in [5, 5.41) is 12.4. The molecular formula is C12H23NO2. The molecule has 0 aliphatic carbocycles. The van der Waals surface area contributed by atoms with E-state index >= 15 is 0 Å². The molecule has 3 nitrogen and oxygen atoms in total. The molecule has 15 heavy (non-hydrogen) atoms. The minimum Gasteiger partial charge on any atom is -0.395 e. The quantitative estimate of drug-likeness (QED) is 0.646. The molecule has 0 aromatic heterocycles. The van der Waals surface area contributed by atoms with Gasteiger partial charge in [0.25, 0.3) is 0 Å². The van der Waals surface area contributed by atoms with Gasteiger partial charge in [-0.05, 0) is 18.8 Å². The Morgan fingerprint density at radius 1 is 1.40 bits per heavy atom. The van der Waals surface area contributed by atoms with Crippen LogP contribution in [-0.2, 0) is 4.74 Å². The maximum atomic E-state index is 9.11. The number of rotatable bonds is 1. The van der Waals surface area contributed by atoms with Gasteiger partial charge >= 0.3 is 0 Å². The van der Waals surface area contributed by atoms with Gasteiger partial charge in [0, 0.05) is 6.54 Å². The van der Waals surface area contributed by atoms with Crippen molar-refractivity contribution in [3.8, 4) is 0 Å². The molecule has 3 heteroatoms. The molecule has 0 aromatic rings. The first-order chi connectivity index (χ1) is 7.42. The number of aliphatic hydroxyl groups excluding tert-OH is 1. The molecule has 3 unspecified atom stereocenters. The van der Waals surface area contributed by atoms with Crippen LogP contribution in [0.3, 0.4) is 0 Å². The number of fused-ring (bicyclic) bond motifs is 1. The highest BCUT2D eigenvalue weighted by Crippen LogP contribution is 2.24. The van der Waals surface area contributed by atoms with E-state index in [1.165, 1.54) is 6.42 Å². The molecule has 2 aliphatic rings. The summed E-state index contributed by atoms with van der Waals surface area (Å²) in [4.78, 5) is 0. The summed E-state index contributed by atoms with van der Waals surface area (Å²) in [6, 6.07) is 0.150. The summed E-state index contributed by atoms with van der Waals surface area (Å²) in [6.45, 7) is 5.87. The summed E-state index contributed by atoms with van der Waals surface area (Å²) >= 11 is 0. The molecule has 1 saturated heterocycles. The number of hydrogen-bond donors (Lipinski definition) is 2. The second kappa shape index (κ2) is 6.99. The highest BCUT2D eigenvalue weighted by molar-refractivity contribution is 4.95. The van der Waals surface area contributed by atoms with E-state index in [0.717, 1.165) is 13.0 Å². The Labute approximate surface area is 92.5 Å². The highest BCUT2D eigenvalue weighted by atomic mass is 16.5. The van der Waals surface area contributed by atoms with Crippen molar-refractivity contribution in [3.63, 3.8) is 0 Å². The zero-order chi connectivity index (χ0) is 11.1. The van der Waals surface area contributed by atoms with E-state index in [2.05, 4.69) is 17.5 Å². The Bertz CT molecular complexity index is 194. The van der Waals surface area contributed by atoms with Gasteiger partial charge in [0.1, 0.15) is 0 Å². The van der Waals surface area contributed by atoms with Gasteiger partial charge in [0.2, 0.25) is 0 Å². The second-order valence-corrected chi connectivity index (χ2v) is 3.80. The molecule has 1 fully saturated rings. The van der Waals surface area contributed by atoms with Crippen LogP contribution in [0.5, 0.6) is 0 Å². The average Bonchev–Trinajstić information content (AvgIpc) is 2.62. The summed E-state index contributed by atoms with van der Waals surface area (Å²) in [7, 11) is 0. The van der Waals surface area contributed by atoms with E-state index in [4.69, 9.17) is 9.84 Å². The Hall–Kier alpha value is -0.380. The van der Waals surface area contributed by atoms with Gasteiger partial charge in [-0.3, -0.25) is 0 Å². The van der Waals surface area contributed by atoms with Crippen molar-refractivity contribution >= 4 is 0 Å². The van der Waals surface area contributed by atoms with E-state index in [1.807, 2.05) is 13.8 Å². The van der Waals surface area contributed by atoms with Gasteiger partial charge in [-0.2, -0.15) is 0 Å². The Kier molecular flexibility index (Phi) is 5.91. The minimum absolute atomic E-state index is 0.150. The SMILES string of the molecule is CC.OCC1NCC2CCC=CCOC21. The molecule has 0 spiro atoms. The number of ether oxygens (including phenoxy) is 1. The third kappa shape index (κ3) is 3.30. The van der Waals surface area contributed by atoms with Crippen molar-refractivity contribution < 1.29 is 9.84 Å². The van der Waals surface area contributed by atoms with Gasteiger partial charge < -0.3 is 15.2 Å². The smallest absolute Gasteiger partial charge is 0.0795 e. The van der Waals surface area contributed by atoms with E-state index in [-0.39, 0.29) is 18.8 Å². The first-order valence-electron chi connectivity index (χ1n) is 6.02. The lowest BCUT2D eigenvalue weighted by molar-refractivity contribution is 0.0177. The van der Waals surface area contributed by atoms with Gasteiger partial charge in [-0.15, -0.1) is 0 Å². The van der Waals surface area contributed by atoms with Crippen LogP contribution >= 0.6 is 0 Å². The van der Waals surface area contributed by atoms with E-state index in [1.54, 1.807) is 0 Å². The van der Waals surface area contributed by atoms with Crippen molar-refractivity contribution in [2.75, 3.05) is 19.8 Å². The van der Waals surface area contributed by atoms with Crippen LogP contribution < -0.4 is 5.32 Å². The molecule has 0 aromatic carbocycles. The lowest BCUT2D eigenvalue weighted by atomic mass is 9.96. The van der Waals surface area contributed by atoms with Gasteiger partial charge in [0.05, 0.1) is 25.4 Å². The van der Waals surface area contributed by atoms with Crippen LogP contribution in [0.25, 0.3) is 0 Å². The predicted molar refractivity (Wildman–Crippen MR) is 61.8 cm³/mol. The normalized spacial score (nSPS) is 34.7. The molecule has 2 rings (SSSR count). The van der Waals surface area contributed by atoms with Gasteiger partial charge in [0.15, 0.2) is 0 Å². The van der Waals surface area contributed by atoms with Crippen LogP contribution in [-0.4, -0.2) is 37.0 Å². The van der Waals surface area contributed by atoms with Gasteiger partial charge in [-0.1, -0.05) is 26.0 Å². The predicted octanol–water partition coefficient (Wildman–Crippen LogP) is 1.33. The average molecular weight is 213 g/mol. The van der Waals surface area contributed by atoms with Crippen molar-refractivity contribution in [1.29, 1.82) is 0 Å². The topological polar surface area (TPSA) is 41.5 Å². The van der Waals surface area contributed by atoms with E-state index in [9.17, 15) is 0 Å². The fraction of sp³-hybridized carbons (Fsp3) is 0.833.